The third kappa shape index (κ3) is 2.17. The molecule has 0 unspecified atom stereocenters. The highest BCUT2D eigenvalue weighted by molar-refractivity contribution is 7.19. The van der Waals surface area contributed by atoms with E-state index in [1.54, 1.807) is 11.3 Å². The Balaban J connectivity index is 2.22. The minimum absolute atomic E-state index is 0.407. The number of nitrogens with one attached hydrogen (secondary N) is 1. The third-order valence-corrected chi connectivity index (χ3v) is 3.67. The van der Waals surface area contributed by atoms with Crippen molar-refractivity contribution in [2.24, 2.45) is 0 Å². The molecule has 1 aromatic carbocycles. The molecule has 0 bridgehead atoms. The first-order valence-corrected chi connectivity index (χ1v) is 5.92. The average Bonchev–Trinajstić information content (AvgIpc) is 2.55. The van der Waals surface area contributed by atoms with Gasteiger partial charge in [0, 0.05) is 16.1 Å². The van der Waals surface area contributed by atoms with E-state index in [-0.39, 0.29) is 0 Å². The van der Waals surface area contributed by atoms with Crippen LogP contribution in [-0.4, -0.2) is 12.6 Å². The van der Waals surface area contributed by atoms with Crippen molar-refractivity contribution in [2.75, 3.05) is 6.54 Å². The smallest absolute Gasteiger partial charge is 0.134 e. The predicted octanol–water partition coefficient (Wildman–Crippen LogP) is 1.69. The summed E-state index contributed by atoms with van der Waals surface area (Å²) in [6.45, 7) is 2.48. The first-order chi connectivity index (χ1) is 7.68. The molecule has 1 amide bonds. The molecule has 0 saturated heterocycles. The van der Waals surface area contributed by atoms with Gasteiger partial charge >= 0.3 is 0 Å². The van der Waals surface area contributed by atoms with Gasteiger partial charge in [-0.25, -0.2) is 0 Å². The topological polar surface area (TPSA) is 52.2 Å². The molecule has 84 valence electrons. The fourth-order valence-corrected chi connectivity index (χ4v) is 2.93. The van der Waals surface area contributed by atoms with E-state index in [1.165, 1.54) is 20.5 Å². The first-order valence-electron chi connectivity index (χ1n) is 5.10. The number of amides is 1. The summed E-state index contributed by atoms with van der Waals surface area (Å²) in [6.07, 6.45) is -0.499. The fourth-order valence-electron chi connectivity index (χ4n) is 1.82. The van der Waals surface area contributed by atoms with E-state index in [1.807, 2.05) is 12.1 Å². The van der Waals surface area contributed by atoms with Crippen LogP contribution in [0.2, 0.25) is 0 Å². The molecule has 2 aromatic rings. The van der Waals surface area contributed by atoms with Gasteiger partial charge in [-0.05, 0) is 30.4 Å². The van der Waals surface area contributed by atoms with Crippen LogP contribution in [0.5, 0.6) is 0 Å². The van der Waals surface area contributed by atoms with Gasteiger partial charge < -0.3 is 15.2 Å². The summed E-state index contributed by atoms with van der Waals surface area (Å²) in [5.41, 5.74) is 1.23. The lowest BCUT2D eigenvalue weighted by molar-refractivity contribution is -0.250. The number of hydrogen-bond donors (Lipinski definition) is 1. The summed E-state index contributed by atoms with van der Waals surface area (Å²) in [4.78, 5) is 11.5. The van der Waals surface area contributed by atoms with Crippen molar-refractivity contribution in [1.82, 2.24) is 5.32 Å². The van der Waals surface area contributed by atoms with E-state index in [4.69, 9.17) is 0 Å². The molecule has 0 spiro atoms. The second-order valence-electron chi connectivity index (χ2n) is 3.60. The second kappa shape index (κ2) is 4.53. The van der Waals surface area contributed by atoms with Crippen molar-refractivity contribution >= 4 is 27.5 Å². The van der Waals surface area contributed by atoms with Crippen LogP contribution in [0.3, 0.4) is 0 Å². The lowest BCUT2D eigenvalue weighted by Gasteiger charge is -2.06. The van der Waals surface area contributed by atoms with Gasteiger partial charge in [0.25, 0.3) is 0 Å². The number of fused-ring (bicyclic) bond motifs is 1. The molecular weight excluding hydrogens is 222 g/mol. The highest BCUT2D eigenvalue weighted by atomic mass is 32.1. The summed E-state index contributed by atoms with van der Waals surface area (Å²) in [5, 5.41) is 13.8. The number of carbonyl (C=O) groups is 1. The molecule has 0 saturated carbocycles. The molecule has 0 atom stereocenters. The minimum atomic E-state index is -1.21. The number of hydrogen-bond acceptors (Lipinski definition) is 3. The molecule has 0 aliphatic carbocycles. The molecule has 4 heteroatoms. The zero-order valence-electron chi connectivity index (χ0n) is 8.95. The van der Waals surface area contributed by atoms with Gasteiger partial charge in [0.15, 0.2) is 0 Å². The second-order valence-corrected chi connectivity index (χ2v) is 4.85. The Morgan fingerprint density at radius 2 is 2.19 bits per heavy atom. The van der Waals surface area contributed by atoms with Crippen LogP contribution in [0.15, 0.2) is 24.3 Å². The van der Waals surface area contributed by atoms with E-state index in [0.717, 1.165) is 0 Å². The zero-order valence-corrected chi connectivity index (χ0v) is 9.76. The van der Waals surface area contributed by atoms with E-state index in [9.17, 15) is 9.90 Å². The van der Waals surface area contributed by atoms with Gasteiger partial charge in [-0.3, -0.25) is 0 Å². The van der Waals surface area contributed by atoms with Gasteiger partial charge in [0.1, 0.15) is 6.09 Å². The highest BCUT2D eigenvalue weighted by Crippen LogP contribution is 2.30. The Labute approximate surface area is 97.7 Å². The molecule has 3 nitrogen and oxygen atoms in total. The van der Waals surface area contributed by atoms with E-state index in [2.05, 4.69) is 24.4 Å². The monoisotopic (exact) mass is 234 g/mol. The van der Waals surface area contributed by atoms with Gasteiger partial charge in [-0.2, -0.15) is 0 Å². The molecule has 1 aromatic heterocycles. The summed E-state index contributed by atoms with van der Waals surface area (Å²) >= 11 is 1.75. The number of aryl methyl sites for hydroxylation is 1. The lowest BCUT2D eigenvalue weighted by Crippen LogP contribution is -2.37. The predicted molar refractivity (Wildman–Crippen MR) is 63.7 cm³/mol. The quantitative estimate of drug-likeness (QED) is 0.878. The number of carbonyl (C=O) groups excluding carboxylic acids is 1. The van der Waals surface area contributed by atoms with Crippen molar-refractivity contribution in [3.05, 3.63) is 34.7 Å². The molecule has 0 fully saturated rings. The number of carboxylic acid groups (broad SMARTS) is 1. The summed E-state index contributed by atoms with van der Waals surface area (Å²) in [7, 11) is 0. The van der Waals surface area contributed by atoms with Crippen LogP contribution in [0, 0.1) is 6.92 Å². The molecule has 0 radical (unpaired) electrons. The number of thiophene rings is 1. The van der Waals surface area contributed by atoms with Crippen molar-refractivity contribution in [2.45, 2.75) is 13.3 Å². The standard InChI is InChI=1S/C12H13NO2S/c1-8-9(6-7-13-12(14)15)10-4-2-3-5-11(10)16-8/h2-5,13H,6-7H2,1H3,(H,14,15)/p-1. The Morgan fingerprint density at radius 1 is 1.44 bits per heavy atom. The summed E-state index contributed by atoms with van der Waals surface area (Å²) < 4.78 is 1.25. The van der Waals surface area contributed by atoms with E-state index in [0.29, 0.717) is 13.0 Å². The molecule has 0 aliphatic heterocycles. The molecule has 16 heavy (non-hydrogen) atoms. The van der Waals surface area contributed by atoms with Crippen molar-refractivity contribution in [1.29, 1.82) is 0 Å². The molecule has 0 aliphatic rings. The molecule has 1 N–H and O–H groups in total. The zero-order chi connectivity index (χ0) is 11.5. The molecule has 2 rings (SSSR count). The van der Waals surface area contributed by atoms with Gasteiger partial charge in [-0.15, -0.1) is 11.3 Å². The van der Waals surface area contributed by atoms with Crippen LogP contribution < -0.4 is 10.4 Å². The average molecular weight is 234 g/mol. The SMILES string of the molecule is Cc1sc2ccccc2c1CCNC(=O)[O-]. The molecule has 1 heterocycles. The summed E-state index contributed by atoms with van der Waals surface area (Å²) in [6, 6.07) is 8.18. The maximum atomic E-state index is 10.3. The normalized spacial score (nSPS) is 10.6. The van der Waals surface area contributed by atoms with Crippen LogP contribution in [-0.2, 0) is 6.42 Å². The lowest BCUT2D eigenvalue weighted by atomic mass is 10.1. The van der Waals surface area contributed by atoms with Crippen molar-refractivity contribution < 1.29 is 9.90 Å². The number of rotatable bonds is 3. The van der Waals surface area contributed by atoms with Gasteiger partial charge in [0.2, 0.25) is 0 Å². The maximum Gasteiger partial charge on any atom is 0.134 e. The van der Waals surface area contributed by atoms with Crippen LogP contribution >= 0.6 is 11.3 Å². The maximum absolute atomic E-state index is 10.3. The summed E-state index contributed by atoms with van der Waals surface area (Å²) in [5.74, 6) is 0. The fraction of sp³-hybridized carbons (Fsp3) is 0.250. The Kier molecular flexibility index (Phi) is 3.10. The van der Waals surface area contributed by atoms with E-state index < -0.39 is 6.09 Å². The Hall–Kier alpha value is -1.55. The first kappa shape index (κ1) is 11.0. The molecular formula is C12H12NO2S-. The third-order valence-electron chi connectivity index (χ3n) is 2.54. The minimum Gasteiger partial charge on any atom is -0.530 e. The number of benzene rings is 1. The highest BCUT2D eigenvalue weighted by Gasteiger charge is 2.07. The Bertz CT molecular complexity index is 519. The van der Waals surface area contributed by atoms with Gasteiger partial charge in [0.05, 0.1) is 0 Å². The van der Waals surface area contributed by atoms with Crippen LogP contribution in [0.25, 0.3) is 10.1 Å². The van der Waals surface area contributed by atoms with Crippen LogP contribution in [0.1, 0.15) is 10.4 Å². The van der Waals surface area contributed by atoms with Crippen LogP contribution in [0.4, 0.5) is 4.79 Å². The largest absolute Gasteiger partial charge is 0.530 e. The Morgan fingerprint density at radius 3 is 2.94 bits per heavy atom. The van der Waals surface area contributed by atoms with Gasteiger partial charge in [-0.1, -0.05) is 18.2 Å². The van der Waals surface area contributed by atoms with E-state index >= 15 is 0 Å². The van der Waals surface area contributed by atoms with Crippen molar-refractivity contribution in [3.63, 3.8) is 0 Å². The van der Waals surface area contributed by atoms with Crippen molar-refractivity contribution in [3.8, 4) is 0 Å².